The molecule has 2 N–H and O–H groups in total. The van der Waals surface area contributed by atoms with Gasteiger partial charge in [0.05, 0.1) is 0 Å². The zero-order valence-electron chi connectivity index (χ0n) is 13.2. The fourth-order valence-electron chi connectivity index (χ4n) is 3.34. The first-order valence-corrected chi connectivity index (χ1v) is 9.50. The van der Waals surface area contributed by atoms with E-state index in [1.807, 2.05) is 11.8 Å². The third-order valence-corrected chi connectivity index (χ3v) is 5.70. The summed E-state index contributed by atoms with van der Waals surface area (Å²) >= 11 is 1.95. The molecule has 0 radical (unpaired) electrons. The molecule has 0 spiro atoms. The van der Waals surface area contributed by atoms with Gasteiger partial charge in [-0.3, -0.25) is 4.79 Å². The van der Waals surface area contributed by atoms with Gasteiger partial charge < -0.3 is 10.6 Å². The van der Waals surface area contributed by atoms with Crippen molar-refractivity contribution in [3.63, 3.8) is 0 Å². The molecule has 0 aromatic heterocycles. The number of carbonyl (C=O) groups is 1. The SMILES string of the molecule is CC(CCC1CCCCC1)NC(=O)CC1CSCCN1.Cl. The summed E-state index contributed by atoms with van der Waals surface area (Å²) in [4.78, 5) is 12.0. The third kappa shape index (κ3) is 7.75. The Balaban J connectivity index is 0.00000220. The van der Waals surface area contributed by atoms with Crippen LogP contribution in [0.3, 0.4) is 0 Å². The fourth-order valence-corrected chi connectivity index (χ4v) is 4.29. The van der Waals surface area contributed by atoms with Crippen LogP contribution >= 0.6 is 24.2 Å². The number of thioether (sulfide) groups is 1. The number of rotatable bonds is 6. The molecule has 1 saturated heterocycles. The van der Waals surface area contributed by atoms with E-state index in [-0.39, 0.29) is 18.3 Å². The van der Waals surface area contributed by atoms with Crippen LogP contribution in [0.2, 0.25) is 0 Å². The maximum absolute atomic E-state index is 12.0. The Kier molecular flexibility index (Phi) is 9.78. The Hall–Kier alpha value is 0.0700. The van der Waals surface area contributed by atoms with Gasteiger partial charge in [0.25, 0.3) is 0 Å². The molecule has 1 aliphatic heterocycles. The standard InChI is InChI=1S/C16H30N2OS.ClH/c1-13(7-8-14-5-3-2-4-6-14)18-16(19)11-15-12-20-10-9-17-15;/h13-15,17H,2-12H2,1H3,(H,18,19);1H. The molecule has 1 saturated carbocycles. The summed E-state index contributed by atoms with van der Waals surface area (Å²) in [6.45, 7) is 3.20. The second-order valence-electron chi connectivity index (χ2n) is 6.48. The predicted molar refractivity (Wildman–Crippen MR) is 94.4 cm³/mol. The van der Waals surface area contributed by atoms with Crippen molar-refractivity contribution in [2.24, 2.45) is 5.92 Å². The number of hydrogen-bond acceptors (Lipinski definition) is 3. The van der Waals surface area contributed by atoms with Gasteiger partial charge in [-0.2, -0.15) is 11.8 Å². The van der Waals surface area contributed by atoms with Gasteiger partial charge in [0.2, 0.25) is 5.91 Å². The summed E-state index contributed by atoms with van der Waals surface area (Å²) in [6.07, 6.45) is 10.1. The molecule has 1 aliphatic carbocycles. The number of halogens is 1. The summed E-state index contributed by atoms with van der Waals surface area (Å²) in [5, 5.41) is 6.60. The number of hydrogen-bond donors (Lipinski definition) is 2. The average Bonchev–Trinajstić information content (AvgIpc) is 2.47. The average molecular weight is 335 g/mol. The van der Waals surface area contributed by atoms with E-state index >= 15 is 0 Å². The van der Waals surface area contributed by atoms with Crippen LogP contribution in [0.15, 0.2) is 0 Å². The second-order valence-corrected chi connectivity index (χ2v) is 7.63. The molecule has 2 aliphatic rings. The summed E-state index contributed by atoms with van der Waals surface area (Å²) in [6, 6.07) is 0.708. The predicted octanol–water partition coefficient (Wildman–Crippen LogP) is 3.37. The van der Waals surface area contributed by atoms with Crippen molar-refractivity contribution in [2.45, 2.75) is 70.4 Å². The molecule has 21 heavy (non-hydrogen) atoms. The zero-order chi connectivity index (χ0) is 14.2. The monoisotopic (exact) mass is 334 g/mol. The molecular formula is C16H31ClN2OS. The molecule has 0 aromatic carbocycles. The van der Waals surface area contributed by atoms with E-state index in [0.717, 1.165) is 24.6 Å². The molecule has 5 heteroatoms. The van der Waals surface area contributed by atoms with Gasteiger partial charge in [0.15, 0.2) is 0 Å². The molecular weight excluding hydrogens is 304 g/mol. The van der Waals surface area contributed by atoms with E-state index in [9.17, 15) is 4.79 Å². The maximum atomic E-state index is 12.0. The van der Waals surface area contributed by atoms with Crippen LogP contribution in [-0.4, -0.2) is 36.0 Å². The first kappa shape index (κ1) is 19.1. The van der Waals surface area contributed by atoms with E-state index in [4.69, 9.17) is 0 Å². The maximum Gasteiger partial charge on any atom is 0.221 e. The lowest BCUT2D eigenvalue weighted by Crippen LogP contribution is -2.43. The van der Waals surface area contributed by atoms with Crippen LogP contribution in [0.25, 0.3) is 0 Å². The Morgan fingerprint density at radius 3 is 2.76 bits per heavy atom. The van der Waals surface area contributed by atoms with Crippen molar-refractivity contribution in [3.05, 3.63) is 0 Å². The smallest absolute Gasteiger partial charge is 0.221 e. The first-order chi connectivity index (χ1) is 9.74. The quantitative estimate of drug-likeness (QED) is 0.782. The minimum atomic E-state index is 0. The highest BCUT2D eigenvalue weighted by atomic mass is 35.5. The third-order valence-electron chi connectivity index (χ3n) is 4.57. The van der Waals surface area contributed by atoms with Crippen molar-refractivity contribution in [1.29, 1.82) is 0 Å². The van der Waals surface area contributed by atoms with E-state index in [1.54, 1.807) is 0 Å². The van der Waals surface area contributed by atoms with Gasteiger partial charge in [0.1, 0.15) is 0 Å². The summed E-state index contributed by atoms with van der Waals surface area (Å²) in [5.41, 5.74) is 0. The van der Waals surface area contributed by atoms with Crippen LogP contribution in [-0.2, 0) is 4.79 Å². The van der Waals surface area contributed by atoms with E-state index < -0.39 is 0 Å². The summed E-state index contributed by atoms with van der Waals surface area (Å²) in [5.74, 6) is 3.39. The topological polar surface area (TPSA) is 41.1 Å². The van der Waals surface area contributed by atoms with Gasteiger partial charge >= 0.3 is 0 Å². The van der Waals surface area contributed by atoms with Crippen LogP contribution in [0.4, 0.5) is 0 Å². The molecule has 124 valence electrons. The Morgan fingerprint density at radius 1 is 1.33 bits per heavy atom. The normalized spacial score (nSPS) is 24.9. The second kappa shape index (κ2) is 10.7. The van der Waals surface area contributed by atoms with E-state index in [1.165, 1.54) is 44.3 Å². The number of nitrogens with one attached hydrogen (secondary N) is 2. The highest BCUT2D eigenvalue weighted by Gasteiger charge is 2.19. The van der Waals surface area contributed by atoms with Crippen molar-refractivity contribution in [2.75, 3.05) is 18.1 Å². The number of amides is 1. The van der Waals surface area contributed by atoms with Crippen molar-refractivity contribution in [3.8, 4) is 0 Å². The highest BCUT2D eigenvalue weighted by molar-refractivity contribution is 7.99. The summed E-state index contributed by atoms with van der Waals surface area (Å²) in [7, 11) is 0. The molecule has 0 bridgehead atoms. The van der Waals surface area contributed by atoms with Crippen molar-refractivity contribution in [1.82, 2.24) is 10.6 Å². The van der Waals surface area contributed by atoms with Gasteiger partial charge in [-0.1, -0.05) is 32.1 Å². The van der Waals surface area contributed by atoms with Gasteiger partial charge in [-0.05, 0) is 25.7 Å². The molecule has 2 fully saturated rings. The zero-order valence-corrected chi connectivity index (χ0v) is 14.9. The number of carbonyl (C=O) groups excluding carboxylic acids is 1. The Labute approximate surface area is 140 Å². The van der Waals surface area contributed by atoms with E-state index in [2.05, 4.69) is 17.6 Å². The molecule has 1 amide bonds. The lowest BCUT2D eigenvalue weighted by atomic mass is 9.85. The molecule has 2 atom stereocenters. The highest BCUT2D eigenvalue weighted by Crippen LogP contribution is 2.27. The van der Waals surface area contributed by atoms with Crippen LogP contribution in [0.5, 0.6) is 0 Å². The Bertz CT molecular complexity index is 292. The Morgan fingerprint density at radius 2 is 2.10 bits per heavy atom. The molecule has 1 heterocycles. The molecule has 0 aromatic rings. The fraction of sp³-hybridized carbons (Fsp3) is 0.938. The van der Waals surface area contributed by atoms with Crippen LogP contribution in [0, 0.1) is 5.92 Å². The first-order valence-electron chi connectivity index (χ1n) is 8.34. The van der Waals surface area contributed by atoms with E-state index in [0.29, 0.717) is 18.5 Å². The van der Waals surface area contributed by atoms with Gasteiger partial charge in [-0.25, -0.2) is 0 Å². The van der Waals surface area contributed by atoms with Crippen molar-refractivity contribution < 1.29 is 4.79 Å². The largest absolute Gasteiger partial charge is 0.354 e. The lowest BCUT2D eigenvalue weighted by Gasteiger charge is -2.25. The van der Waals surface area contributed by atoms with Crippen molar-refractivity contribution >= 4 is 30.1 Å². The minimum absolute atomic E-state index is 0. The van der Waals surface area contributed by atoms with Crippen LogP contribution in [0.1, 0.15) is 58.3 Å². The van der Waals surface area contributed by atoms with Gasteiger partial charge in [-0.15, -0.1) is 12.4 Å². The molecule has 3 nitrogen and oxygen atoms in total. The molecule has 2 rings (SSSR count). The lowest BCUT2D eigenvalue weighted by molar-refractivity contribution is -0.122. The van der Waals surface area contributed by atoms with Crippen LogP contribution < -0.4 is 10.6 Å². The van der Waals surface area contributed by atoms with Gasteiger partial charge in [0, 0.05) is 36.6 Å². The summed E-state index contributed by atoms with van der Waals surface area (Å²) < 4.78 is 0. The molecule has 2 unspecified atom stereocenters. The minimum Gasteiger partial charge on any atom is -0.354 e.